The summed E-state index contributed by atoms with van der Waals surface area (Å²) in [5, 5.41) is 13.1. The predicted molar refractivity (Wildman–Crippen MR) is 74.7 cm³/mol. The zero-order valence-corrected chi connectivity index (χ0v) is 11.2. The van der Waals surface area contributed by atoms with Gasteiger partial charge in [-0.15, -0.1) is 0 Å². The van der Waals surface area contributed by atoms with Crippen LogP contribution in [0.3, 0.4) is 0 Å². The van der Waals surface area contributed by atoms with Crippen molar-refractivity contribution in [2.24, 2.45) is 0 Å². The Kier molecular flexibility index (Phi) is 5.17. The maximum atomic E-state index is 9.51. The second kappa shape index (κ2) is 6.88. The van der Waals surface area contributed by atoms with Gasteiger partial charge in [-0.2, -0.15) is 0 Å². The second-order valence-corrected chi connectivity index (χ2v) is 5.34. The average Bonchev–Trinajstić information content (AvgIpc) is 2.39. The Bertz CT molecular complexity index is 342. The summed E-state index contributed by atoms with van der Waals surface area (Å²) in [4.78, 5) is 2.36. The fourth-order valence-electron chi connectivity index (χ4n) is 2.71. The van der Waals surface area contributed by atoms with Crippen molar-refractivity contribution in [1.82, 2.24) is 10.2 Å². The van der Waals surface area contributed by atoms with Crippen molar-refractivity contribution >= 4 is 0 Å². The van der Waals surface area contributed by atoms with E-state index in [0.29, 0.717) is 6.04 Å². The number of hydrogen-bond acceptors (Lipinski definition) is 3. The lowest BCUT2D eigenvalue weighted by molar-refractivity contribution is 0.183. The van der Waals surface area contributed by atoms with E-state index in [2.05, 4.69) is 41.5 Å². The molecule has 3 heteroatoms. The number of likely N-dealkylation sites (N-methyl/N-ethyl adjacent to an activating group) is 1. The van der Waals surface area contributed by atoms with Crippen LogP contribution in [0.1, 0.15) is 18.4 Å². The van der Waals surface area contributed by atoms with Gasteiger partial charge in [0.05, 0.1) is 6.61 Å². The molecule has 18 heavy (non-hydrogen) atoms. The molecule has 0 saturated carbocycles. The molecule has 1 aliphatic rings. The third-order valence-corrected chi connectivity index (χ3v) is 3.64. The van der Waals surface area contributed by atoms with Gasteiger partial charge in [0.15, 0.2) is 0 Å². The van der Waals surface area contributed by atoms with Crippen LogP contribution in [-0.4, -0.2) is 48.8 Å². The number of rotatable bonds is 5. The highest BCUT2D eigenvalue weighted by Gasteiger charge is 2.20. The zero-order valence-electron chi connectivity index (χ0n) is 11.2. The minimum Gasteiger partial charge on any atom is -0.395 e. The van der Waals surface area contributed by atoms with E-state index in [-0.39, 0.29) is 12.6 Å². The SMILES string of the molecule is CN1CCCC(NC(CO)Cc2ccccc2)C1. The molecule has 2 atom stereocenters. The third kappa shape index (κ3) is 4.09. The van der Waals surface area contributed by atoms with Crippen molar-refractivity contribution in [3.8, 4) is 0 Å². The van der Waals surface area contributed by atoms with E-state index in [1.54, 1.807) is 0 Å². The molecule has 100 valence electrons. The van der Waals surface area contributed by atoms with Crippen LogP contribution in [0.15, 0.2) is 30.3 Å². The fraction of sp³-hybridized carbons (Fsp3) is 0.600. The van der Waals surface area contributed by atoms with Crippen LogP contribution >= 0.6 is 0 Å². The first-order chi connectivity index (χ1) is 8.78. The second-order valence-electron chi connectivity index (χ2n) is 5.34. The van der Waals surface area contributed by atoms with Crippen molar-refractivity contribution in [2.75, 3.05) is 26.7 Å². The van der Waals surface area contributed by atoms with Gasteiger partial charge in [0.2, 0.25) is 0 Å². The Hall–Kier alpha value is -0.900. The summed E-state index contributed by atoms with van der Waals surface area (Å²) >= 11 is 0. The Balaban J connectivity index is 1.85. The van der Waals surface area contributed by atoms with Crippen LogP contribution < -0.4 is 5.32 Å². The lowest BCUT2D eigenvalue weighted by atomic mass is 10.0. The van der Waals surface area contributed by atoms with Crippen molar-refractivity contribution in [3.05, 3.63) is 35.9 Å². The molecule has 1 heterocycles. The van der Waals surface area contributed by atoms with Gasteiger partial charge in [0.25, 0.3) is 0 Å². The maximum absolute atomic E-state index is 9.51. The van der Waals surface area contributed by atoms with E-state index in [0.717, 1.165) is 13.0 Å². The van der Waals surface area contributed by atoms with Crippen molar-refractivity contribution < 1.29 is 5.11 Å². The van der Waals surface area contributed by atoms with Crippen LogP contribution in [0.2, 0.25) is 0 Å². The summed E-state index contributed by atoms with van der Waals surface area (Å²) in [6.07, 6.45) is 3.37. The van der Waals surface area contributed by atoms with Gasteiger partial charge in [-0.3, -0.25) is 0 Å². The van der Waals surface area contributed by atoms with Gasteiger partial charge in [-0.25, -0.2) is 0 Å². The summed E-state index contributed by atoms with van der Waals surface area (Å²) in [5.41, 5.74) is 1.29. The third-order valence-electron chi connectivity index (χ3n) is 3.64. The Morgan fingerprint density at radius 2 is 2.17 bits per heavy atom. The summed E-state index contributed by atoms with van der Waals surface area (Å²) < 4.78 is 0. The molecule has 1 aliphatic heterocycles. The summed E-state index contributed by atoms with van der Waals surface area (Å²) in [6, 6.07) is 11.1. The molecule has 0 aliphatic carbocycles. The highest BCUT2D eigenvalue weighted by molar-refractivity contribution is 5.16. The molecule has 1 aromatic carbocycles. The minimum absolute atomic E-state index is 0.170. The van der Waals surface area contributed by atoms with E-state index in [1.807, 2.05) is 6.07 Å². The van der Waals surface area contributed by atoms with E-state index >= 15 is 0 Å². The largest absolute Gasteiger partial charge is 0.395 e. The Morgan fingerprint density at radius 1 is 1.39 bits per heavy atom. The summed E-state index contributed by atoms with van der Waals surface area (Å²) in [5.74, 6) is 0. The zero-order chi connectivity index (χ0) is 12.8. The van der Waals surface area contributed by atoms with Crippen LogP contribution in [0.4, 0.5) is 0 Å². The molecule has 0 amide bonds. The topological polar surface area (TPSA) is 35.5 Å². The van der Waals surface area contributed by atoms with E-state index < -0.39 is 0 Å². The van der Waals surface area contributed by atoms with Crippen molar-refractivity contribution in [2.45, 2.75) is 31.3 Å². The highest BCUT2D eigenvalue weighted by Crippen LogP contribution is 2.10. The molecule has 2 rings (SSSR count). The quantitative estimate of drug-likeness (QED) is 0.824. The molecular formula is C15H24N2O. The molecule has 0 radical (unpaired) electrons. The van der Waals surface area contributed by atoms with E-state index in [1.165, 1.54) is 24.9 Å². The molecule has 0 bridgehead atoms. The lowest BCUT2D eigenvalue weighted by Gasteiger charge is -2.33. The number of hydrogen-bond donors (Lipinski definition) is 2. The Labute approximate surface area is 110 Å². The molecule has 0 spiro atoms. The maximum Gasteiger partial charge on any atom is 0.0587 e. The average molecular weight is 248 g/mol. The van der Waals surface area contributed by atoms with Gasteiger partial charge in [0.1, 0.15) is 0 Å². The molecule has 0 aromatic heterocycles. The molecule has 3 nitrogen and oxygen atoms in total. The standard InChI is InChI=1S/C15H24N2O/c1-17-9-5-8-14(11-17)16-15(12-18)10-13-6-3-2-4-7-13/h2-4,6-7,14-16,18H,5,8-12H2,1H3. The van der Waals surface area contributed by atoms with Crippen LogP contribution in [0.5, 0.6) is 0 Å². The molecule has 1 saturated heterocycles. The number of benzene rings is 1. The number of aliphatic hydroxyl groups excluding tert-OH is 1. The number of nitrogens with zero attached hydrogens (tertiary/aromatic N) is 1. The monoisotopic (exact) mass is 248 g/mol. The van der Waals surface area contributed by atoms with E-state index in [9.17, 15) is 5.11 Å². The van der Waals surface area contributed by atoms with E-state index in [4.69, 9.17) is 0 Å². The first kappa shape index (κ1) is 13.5. The van der Waals surface area contributed by atoms with Gasteiger partial charge in [0, 0.05) is 18.6 Å². The van der Waals surface area contributed by atoms with Crippen LogP contribution in [-0.2, 0) is 6.42 Å². The van der Waals surface area contributed by atoms with Crippen molar-refractivity contribution in [1.29, 1.82) is 0 Å². The van der Waals surface area contributed by atoms with Crippen LogP contribution in [0.25, 0.3) is 0 Å². The number of piperidine rings is 1. The highest BCUT2D eigenvalue weighted by atomic mass is 16.3. The van der Waals surface area contributed by atoms with Gasteiger partial charge < -0.3 is 15.3 Å². The fourth-order valence-corrected chi connectivity index (χ4v) is 2.71. The summed E-state index contributed by atoms with van der Waals surface area (Å²) in [7, 11) is 2.17. The molecule has 2 N–H and O–H groups in total. The predicted octanol–water partition coefficient (Wildman–Crippen LogP) is 1.27. The molecule has 1 aromatic rings. The van der Waals surface area contributed by atoms with Gasteiger partial charge in [-0.05, 0) is 38.4 Å². The van der Waals surface area contributed by atoms with Crippen molar-refractivity contribution in [3.63, 3.8) is 0 Å². The summed E-state index contributed by atoms with van der Waals surface area (Å²) in [6.45, 7) is 2.49. The first-order valence-electron chi connectivity index (χ1n) is 6.87. The Morgan fingerprint density at radius 3 is 2.83 bits per heavy atom. The van der Waals surface area contributed by atoms with Gasteiger partial charge in [-0.1, -0.05) is 30.3 Å². The molecule has 2 unspecified atom stereocenters. The molecular weight excluding hydrogens is 224 g/mol. The lowest BCUT2D eigenvalue weighted by Crippen LogP contribution is -2.49. The van der Waals surface area contributed by atoms with Gasteiger partial charge >= 0.3 is 0 Å². The molecule has 1 fully saturated rings. The normalized spacial score (nSPS) is 22.9. The number of nitrogens with one attached hydrogen (secondary N) is 1. The number of aliphatic hydroxyl groups is 1. The van der Waals surface area contributed by atoms with Crippen LogP contribution in [0, 0.1) is 0 Å². The smallest absolute Gasteiger partial charge is 0.0587 e. The first-order valence-corrected chi connectivity index (χ1v) is 6.87. The number of likely N-dealkylation sites (tertiary alicyclic amines) is 1. The minimum atomic E-state index is 0.170.